The van der Waals surface area contributed by atoms with Gasteiger partial charge in [0.15, 0.2) is 0 Å². The molecule has 0 aromatic rings. The van der Waals surface area contributed by atoms with Crippen molar-refractivity contribution in [1.82, 2.24) is 0 Å². The summed E-state index contributed by atoms with van der Waals surface area (Å²) in [7, 11) is 0. The van der Waals surface area contributed by atoms with Gasteiger partial charge < -0.3 is 9.47 Å². The monoisotopic (exact) mass is 825 g/mol. The summed E-state index contributed by atoms with van der Waals surface area (Å²) in [5.74, 6) is -0.548. The van der Waals surface area contributed by atoms with Gasteiger partial charge in [-0.2, -0.15) is 21.0 Å². The van der Waals surface area contributed by atoms with Crippen LogP contribution in [0.4, 0.5) is 0 Å². The standard InChI is InChI=1S/2C26H40N2O2/c1-3-5-14-22-17-18-23(25(21-28)24(22)20-27)15-12-10-8-7-9-11-13-16-26(29)30-19-6-4-2;1-3-5-7-11-14-22-17-18-23(25(21-28)24(22)20-27)15-12-9-8-10-13-16-26(29)30-19-6-4-2/h12,15,17-18,22-25H,3-11,13-14,16,19H2,1-2H3;11,14,17-18,22-25H,3-10,12-13,15-16,19H2,1-2H3/b15-12+;14-11-. The number of unbranched alkanes of at least 4 members (excludes halogenated alkanes) is 14. The summed E-state index contributed by atoms with van der Waals surface area (Å²) >= 11 is 0. The minimum absolute atomic E-state index is 0.0521. The van der Waals surface area contributed by atoms with Crippen molar-refractivity contribution in [2.45, 2.75) is 182 Å². The van der Waals surface area contributed by atoms with Gasteiger partial charge in [-0.25, -0.2) is 0 Å². The van der Waals surface area contributed by atoms with Crippen LogP contribution in [0.1, 0.15) is 182 Å². The largest absolute Gasteiger partial charge is 0.466 e. The SMILES string of the molecule is CCCC/C=C\C1C=CC(CCCCCCCC(=O)OCCCC)C(C#N)C1C#N.CCCCOC(=O)CCCCCCC/C=C/C1C=CC(CCCC)C(C#N)C1C#N. The maximum absolute atomic E-state index is 11.6. The lowest BCUT2D eigenvalue weighted by atomic mass is 9.70. The van der Waals surface area contributed by atoms with Crippen LogP contribution in [0.5, 0.6) is 0 Å². The number of hydrogen-bond donors (Lipinski definition) is 0. The third-order valence-corrected chi connectivity index (χ3v) is 11.8. The van der Waals surface area contributed by atoms with Crippen molar-refractivity contribution >= 4 is 11.9 Å². The van der Waals surface area contributed by atoms with Crippen LogP contribution >= 0.6 is 0 Å². The number of rotatable bonds is 30. The molecule has 0 radical (unpaired) electrons. The summed E-state index contributed by atoms with van der Waals surface area (Å²) < 4.78 is 10.3. The predicted octanol–water partition coefficient (Wildman–Crippen LogP) is 13.8. The van der Waals surface area contributed by atoms with E-state index in [0.29, 0.717) is 26.1 Å². The molecule has 0 fully saturated rings. The van der Waals surface area contributed by atoms with Crippen molar-refractivity contribution in [3.8, 4) is 24.3 Å². The van der Waals surface area contributed by atoms with Gasteiger partial charge >= 0.3 is 11.9 Å². The van der Waals surface area contributed by atoms with Gasteiger partial charge in [0, 0.05) is 24.7 Å². The second-order valence-corrected chi connectivity index (χ2v) is 16.8. The molecule has 0 N–H and O–H groups in total. The summed E-state index contributed by atoms with van der Waals surface area (Å²) in [4.78, 5) is 23.1. The number of esters is 2. The molecule has 0 aromatic heterocycles. The quantitative estimate of drug-likeness (QED) is 0.0395. The molecule has 8 atom stereocenters. The zero-order valence-corrected chi connectivity index (χ0v) is 38.0. The highest BCUT2D eigenvalue weighted by Crippen LogP contribution is 2.38. The van der Waals surface area contributed by atoms with Gasteiger partial charge in [-0.1, -0.05) is 160 Å². The molecular weight excluding hydrogens is 745 g/mol. The molecule has 0 saturated carbocycles. The number of nitriles is 4. The molecule has 60 heavy (non-hydrogen) atoms. The van der Waals surface area contributed by atoms with Crippen molar-refractivity contribution in [2.24, 2.45) is 47.3 Å². The summed E-state index contributed by atoms with van der Waals surface area (Å²) in [6.07, 6.45) is 41.3. The van der Waals surface area contributed by atoms with E-state index in [1.54, 1.807) is 0 Å². The van der Waals surface area contributed by atoms with Gasteiger partial charge in [-0.3, -0.25) is 9.59 Å². The second kappa shape index (κ2) is 36.7. The number of nitrogens with zero attached hydrogens (tertiary/aromatic N) is 4. The first-order chi connectivity index (χ1) is 29.3. The smallest absolute Gasteiger partial charge is 0.305 e. The molecule has 0 bridgehead atoms. The average molecular weight is 825 g/mol. The van der Waals surface area contributed by atoms with Gasteiger partial charge in [0.2, 0.25) is 0 Å². The van der Waals surface area contributed by atoms with Crippen LogP contribution in [0.25, 0.3) is 0 Å². The number of carbonyl (C=O) groups is 2. The topological polar surface area (TPSA) is 148 Å². The van der Waals surface area contributed by atoms with E-state index in [1.807, 2.05) is 0 Å². The molecule has 8 unspecified atom stereocenters. The third kappa shape index (κ3) is 23.6. The first-order valence-electron chi connectivity index (χ1n) is 23.9. The fourth-order valence-corrected chi connectivity index (χ4v) is 7.95. The molecule has 2 aliphatic rings. The Bertz CT molecular complexity index is 1440. The van der Waals surface area contributed by atoms with Crippen molar-refractivity contribution < 1.29 is 19.1 Å². The second-order valence-electron chi connectivity index (χ2n) is 16.8. The van der Waals surface area contributed by atoms with Gasteiger partial charge in [-0.05, 0) is 69.6 Å². The molecule has 0 amide bonds. The van der Waals surface area contributed by atoms with Crippen LogP contribution in [-0.2, 0) is 19.1 Å². The molecule has 332 valence electrons. The molecule has 8 nitrogen and oxygen atoms in total. The molecule has 0 heterocycles. The van der Waals surface area contributed by atoms with Crippen molar-refractivity contribution in [2.75, 3.05) is 13.2 Å². The van der Waals surface area contributed by atoms with Crippen molar-refractivity contribution in [3.05, 3.63) is 48.6 Å². The van der Waals surface area contributed by atoms with E-state index in [2.05, 4.69) is 101 Å². The molecule has 0 spiro atoms. The molecule has 2 rings (SSSR count). The average Bonchev–Trinajstić information content (AvgIpc) is 3.26. The number of hydrogen-bond acceptors (Lipinski definition) is 8. The minimum atomic E-state index is -0.249. The summed E-state index contributed by atoms with van der Waals surface area (Å²) in [6.45, 7) is 9.60. The summed E-state index contributed by atoms with van der Waals surface area (Å²) in [6, 6.07) is 9.63. The molecular formula is C52H80N4O4. The Hall–Kier alpha value is -4.14. The summed E-state index contributed by atoms with van der Waals surface area (Å²) in [5.41, 5.74) is 0. The number of carbonyl (C=O) groups excluding carboxylic acids is 2. The molecule has 2 aliphatic carbocycles. The minimum Gasteiger partial charge on any atom is -0.466 e. The van der Waals surface area contributed by atoms with Gasteiger partial charge in [0.25, 0.3) is 0 Å². The normalized spacial score (nSPS) is 23.2. The highest BCUT2D eigenvalue weighted by Gasteiger charge is 2.36. The fourth-order valence-electron chi connectivity index (χ4n) is 7.95. The Labute approximate surface area is 366 Å². The molecule has 0 aromatic carbocycles. The molecule has 8 heteroatoms. The van der Waals surface area contributed by atoms with Crippen LogP contribution in [-0.4, -0.2) is 25.2 Å². The Kier molecular flexibility index (Phi) is 32.9. The zero-order chi connectivity index (χ0) is 44.1. The predicted molar refractivity (Wildman–Crippen MR) is 242 cm³/mol. The van der Waals surface area contributed by atoms with Crippen LogP contribution in [0.2, 0.25) is 0 Å². The lowest BCUT2D eigenvalue weighted by molar-refractivity contribution is -0.144. The van der Waals surface area contributed by atoms with E-state index in [1.165, 1.54) is 6.42 Å². The third-order valence-electron chi connectivity index (χ3n) is 11.8. The van der Waals surface area contributed by atoms with Crippen LogP contribution < -0.4 is 0 Å². The first-order valence-corrected chi connectivity index (χ1v) is 23.9. The van der Waals surface area contributed by atoms with Crippen LogP contribution in [0.3, 0.4) is 0 Å². The maximum atomic E-state index is 11.6. The Morgan fingerprint density at radius 3 is 1.28 bits per heavy atom. The zero-order valence-electron chi connectivity index (χ0n) is 38.0. The van der Waals surface area contributed by atoms with E-state index in [-0.39, 0.29) is 59.3 Å². The Balaban J connectivity index is 0.000000600. The van der Waals surface area contributed by atoms with Crippen molar-refractivity contribution in [1.29, 1.82) is 21.0 Å². The highest BCUT2D eigenvalue weighted by molar-refractivity contribution is 5.69. The van der Waals surface area contributed by atoms with Gasteiger partial charge in [0.05, 0.1) is 61.2 Å². The fraction of sp³-hybridized carbons (Fsp3) is 0.731. The molecule has 0 saturated heterocycles. The van der Waals surface area contributed by atoms with E-state index in [4.69, 9.17) is 9.47 Å². The van der Waals surface area contributed by atoms with Crippen LogP contribution in [0.15, 0.2) is 48.6 Å². The first kappa shape index (κ1) is 53.9. The van der Waals surface area contributed by atoms with E-state index in [0.717, 1.165) is 135 Å². The lowest BCUT2D eigenvalue weighted by Gasteiger charge is -2.30. The highest BCUT2D eigenvalue weighted by atomic mass is 16.5. The number of ether oxygens (including phenoxy) is 2. The van der Waals surface area contributed by atoms with E-state index < -0.39 is 0 Å². The van der Waals surface area contributed by atoms with Crippen molar-refractivity contribution in [3.63, 3.8) is 0 Å². The van der Waals surface area contributed by atoms with E-state index >= 15 is 0 Å². The van der Waals surface area contributed by atoms with Gasteiger partial charge in [0.1, 0.15) is 0 Å². The Morgan fingerprint density at radius 2 is 0.850 bits per heavy atom. The Morgan fingerprint density at radius 1 is 0.467 bits per heavy atom. The lowest BCUT2D eigenvalue weighted by Crippen LogP contribution is -2.29. The summed E-state index contributed by atoms with van der Waals surface area (Å²) in [5, 5.41) is 38.6. The number of allylic oxidation sites excluding steroid dienone is 8. The molecule has 0 aliphatic heterocycles. The van der Waals surface area contributed by atoms with Gasteiger partial charge in [-0.15, -0.1) is 0 Å². The maximum Gasteiger partial charge on any atom is 0.305 e. The van der Waals surface area contributed by atoms with E-state index in [9.17, 15) is 30.6 Å². The van der Waals surface area contributed by atoms with Crippen LogP contribution in [0, 0.1) is 92.7 Å².